The molecule has 32 heavy (non-hydrogen) atoms. The Morgan fingerprint density at radius 1 is 0.875 bits per heavy atom. The van der Waals surface area contributed by atoms with Crippen LogP contribution < -0.4 is 23.7 Å². The van der Waals surface area contributed by atoms with Crippen molar-refractivity contribution in [2.75, 3.05) is 34.1 Å². The van der Waals surface area contributed by atoms with Gasteiger partial charge < -0.3 is 23.7 Å². The van der Waals surface area contributed by atoms with Gasteiger partial charge in [0.25, 0.3) is 0 Å². The fraction of sp³-hybridized carbons (Fsp3) is 0.538. The predicted octanol–water partition coefficient (Wildman–Crippen LogP) is 4.94. The van der Waals surface area contributed by atoms with Crippen molar-refractivity contribution in [2.24, 2.45) is 5.92 Å². The van der Waals surface area contributed by atoms with Crippen LogP contribution in [0.3, 0.4) is 0 Å². The number of nitrogens with zero attached hydrogens (tertiary/aromatic N) is 1. The van der Waals surface area contributed by atoms with Gasteiger partial charge in [-0.05, 0) is 37.8 Å². The zero-order chi connectivity index (χ0) is 21.7. The van der Waals surface area contributed by atoms with Crippen molar-refractivity contribution in [1.29, 1.82) is 0 Å². The summed E-state index contributed by atoms with van der Waals surface area (Å²) in [6.07, 6.45) is 7.08. The van der Waals surface area contributed by atoms with Crippen molar-refractivity contribution >= 4 is 0 Å². The third-order valence-corrected chi connectivity index (χ3v) is 7.83. The highest BCUT2D eigenvalue weighted by Gasteiger charge is 2.55. The highest BCUT2D eigenvalue weighted by molar-refractivity contribution is 5.58. The number of hydrogen-bond acceptors (Lipinski definition) is 6. The van der Waals surface area contributed by atoms with E-state index in [0.29, 0.717) is 5.92 Å². The van der Waals surface area contributed by atoms with Gasteiger partial charge in [-0.25, -0.2) is 0 Å². The van der Waals surface area contributed by atoms with E-state index in [1.165, 1.54) is 36.8 Å². The Morgan fingerprint density at radius 2 is 1.69 bits per heavy atom. The van der Waals surface area contributed by atoms with Gasteiger partial charge in [0, 0.05) is 54.6 Å². The van der Waals surface area contributed by atoms with E-state index in [2.05, 4.69) is 17.0 Å². The largest absolute Gasteiger partial charge is 0.497 e. The molecule has 2 aromatic carbocycles. The molecule has 0 N–H and O–H groups in total. The van der Waals surface area contributed by atoms with Crippen LogP contribution in [0, 0.1) is 5.92 Å². The summed E-state index contributed by atoms with van der Waals surface area (Å²) in [5.74, 6) is 4.64. The molecule has 1 aliphatic carbocycles. The molecule has 2 fully saturated rings. The van der Waals surface area contributed by atoms with Gasteiger partial charge in [-0.3, -0.25) is 4.90 Å². The van der Waals surface area contributed by atoms with Crippen LogP contribution in [-0.4, -0.2) is 44.7 Å². The Morgan fingerprint density at radius 3 is 2.47 bits per heavy atom. The second-order valence-corrected chi connectivity index (χ2v) is 9.32. The lowest BCUT2D eigenvalue weighted by Crippen LogP contribution is -2.61. The maximum atomic E-state index is 7.03. The molecule has 0 bridgehead atoms. The SMILES string of the molecule is COc1ccc([C@@H]2c3cc4c(cc3O[C@]3(N5CCCC5)CCCC[C@H]23)OCO4)c(OC)c1. The van der Waals surface area contributed by atoms with Crippen LogP contribution >= 0.6 is 0 Å². The third-order valence-electron chi connectivity index (χ3n) is 7.83. The first-order valence-corrected chi connectivity index (χ1v) is 11.8. The van der Waals surface area contributed by atoms with Crippen LogP contribution in [0.1, 0.15) is 55.6 Å². The van der Waals surface area contributed by atoms with Crippen LogP contribution in [-0.2, 0) is 0 Å². The van der Waals surface area contributed by atoms with Crippen LogP contribution in [0.15, 0.2) is 30.3 Å². The summed E-state index contributed by atoms with van der Waals surface area (Å²) in [5, 5.41) is 0. The highest BCUT2D eigenvalue weighted by Crippen LogP contribution is 2.58. The molecule has 1 saturated heterocycles. The fourth-order valence-electron chi connectivity index (χ4n) is 6.40. The van der Waals surface area contributed by atoms with Crippen molar-refractivity contribution in [3.05, 3.63) is 41.5 Å². The lowest BCUT2D eigenvalue weighted by atomic mass is 9.66. The molecule has 0 radical (unpaired) electrons. The second-order valence-electron chi connectivity index (χ2n) is 9.32. The average molecular weight is 438 g/mol. The molecule has 1 saturated carbocycles. The van der Waals surface area contributed by atoms with E-state index in [4.69, 9.17) is 23.7 Å². The van der Waals surface area contributed by atoms with Crippen LogP contribution in [0.4, 0.5) is 0 Å². The third kappa shape index (κ3) is 2.95. The molecule has 0 unspecified atom stereocenters. The lowest BCUT2D eigenvalue weighted by molar-refractivity contribution is -0.154. The molecule has 4 aliphatic rings. The summed E-state index contributed by atoms with van der Waals surface area (Å²) in [4.78, 5) is 2.62. The number of hydrogen-bond donors (Lipinski definition) is 0. The molecule has 3 heterocycles. The number of rotatable bonds is 4. The smallest absolute Gasteiger partial charge is 0.231 e. The maximum Gasteiger partial charge on any atom is 0.231 e. The Labute approximate surface area is 189 Å². The summed E-state index contributed by atoms with van der Waals surface area (Å²) < 4.78 is 29.9. The van der Waals surface area contributed by atoms with E-state index in [0.717, 1.165) is 54.7 Å². The molecule has 2 aromatic rings. The van der Waals surface area contributed by atoms with Gasteiger partial charge in [-0.2, -0.15) is 0 Å². The topological polar surface area (TPSA) is 49.4 Å². The number of benzene rings is 2. The number of methoxy groups -OCH3 is 2. The van der Waals surface area contributed by atoms with Gasteiger partial charge in [0.05, 0.1) is 14.2 Å². The minimum absolute atomic E-state index is 0.148. The van der Waals surface area contributed by atoms with Gasteiger partial charge in [-0.15, -0.1) is 0 Å². The minimum atomic E-state index is -0.287. The normalized spacial score (nSPS) is 28.6. The molecule has 170 valence electrons. The summed E-state index contributed by atoms with van der Waals surface area (Å²) in [6.45, 7) is 2.46. The zero-order valence-corrected chi connectivity index (χ0v) is 18.9. The van der Waals surface area contributed by atoms with E-state index < -0.39 is 0 Å². The van der Waals surface area contributed by atoms with Gasteiger partial charge >= 0.3 is 0 Å². The van der Waals surface area contributed by atoms with Gasteiger partial charge in [-0.1, -0.05) is 12.5 Å². The monoisotopic (exact) mass is 437 g/mol. The molecule has 6 nitrogen and oxygen atoms in total. The molecule has 0 aromatic heterocycles. The molecule has 0 spiro atoms. The summed E-state index contributed by atoms with van der Waals surface area (Å²) in [7, 11) is 3.44. The quantitative estimate of drug-likeness (QED) is 0.675. The lowest BCUT2D eigenvalue weighted by Gasteiger charge is -2.55. The number of ether oxygens (including phenoxy) is 5. The van der Waals surface area contributed by atoms with Crippen molar-refractivity contribution in [3.8, 4) is 28.7 Å². The van der Waals surface area contributed by atoms with Crippen LogP contribution in [0.25, 0.3) is 0 Å². The Hall–Kier alpha value is -2.60. The van der Waals surface area contributed by atoms with E-state index in [1.807, 2.05) is 18.2 Å². The molecular weight excluding hydrogens is 406 g/mol. The maximum absolute atomic E-state index is 7.03. The number of fused-ring (bicyclic) bond motifs is 3. The van der Waals surface area contributed by atoms with Crippen molar-refractivity contribution < 1.29 is 23.7 Å². The van der Waals surface area contributed by atoms with Crippen molar-refractivity contribution in [2.45, 2.75) is 50.2 Å². The molecule has 0 amide bonds. The van der Waals surface area contributed by atoms with Crippen LogP contribution in [0.2, 0.25) is 0 Å². The molecular formula is C26H31NO5. The Kier molecular flexibility index (Phi) is 4.86. The minimum Gasteiger partial charge on any atom is -0.497 e. The van der Waals surface area contributed by atoms with E-state index >= 15 is 0 Å². The van der Waals surface area contributed by atoms with E-state index in [9.17, 15) is 0 Å². The second kappa shape index (κ2) is 7.77. The molecule has 3 atom stereocenters. The fourth-order valence-corrected chi connectivity index (χ4v) is 6.40. The Balaban J connectivity index is 1.56. The first kappa shape index (κ1) is 20.0. The van der Waals surface area contributed by atoms with Crippen molar-refractivity contribution in [3.63, 3.8) is 0 Å². The summed E-state index contributed by atoms with van der Waals surface area (Å²) in [5.41, 5.74) is 2.07. The Bertz CT molecular complexity index is 1020. The average Bonchev–Trinajstić information content (AvgIpc) is 3.53. The van der Waals surface area contributed by atoms with E-state index in [-0.39, 0.29) is 18.4 Å². The predicted molar refractivity (Wildman–Crippen MR) is 120 cm³/mol. The molecule has 6 heteroatoms. The zero-order valence-electron chi connectivity index (χ0n) is 18.9. The number of likely N-dealkylation sites (tertiary alicyclic amines) is 1. The van der Waals surface area contributed by atoms with Crippen LogP contribution in [0.5, 0.6) is 28.7 Å². The van der Waals surface area contributed by atoms with Crippen molar-refractivity contribution in [1.82, 2.24) is 4.90 Å². The van der Waals surface area contributed by atoms with Gasteiger partial charge in [0.2, 0.25) is 6.79 Å². The first-order valence-electron chi connectivity index (χ1n) is 11.8. The van der Waals surface area contributed by atoms with E-state index in [1.54, 1.807) is 14.2 Å². The standard InChI is InChI=1S/C26H31NO5/c1-28-17-8-9-18(21(13-17)29-2)25-19-14-23-24(31-16-30-23)15-22(19)32-26(27-11-5-6-12-27)10-4-3-7-20(25)26/h8-9,13-15,20,25H,3-7,10-12,16H2,1-2H3/t20-,25-,26-/m1/s1. The molecule has 3 aliphatic heterocycles. The van der Waals surface area contributed by atoms with Gasteiger partial charge in [0.1, 0.15) is 17.2 Å². The highest BCUT2D eigenvalue weighted by atomic mass is 16.7. The summed E-state index contributed by atoms with van der Waals surface area (Å²) >= 11 is 0. The van der Waals surface area contributed by atoms with Gasteiger partial charge in [0.15, 0.2) is 17.2 Å². The summed E-state index contributed by atoms with van der Waals surface area (Å²) in [6, 6.07) is 10.4. The first-order chi connectivity index (χ1) is 15.7. The molecule has 6 rings (SSSR count).